The second kappa shape index (κ2) is 10.1. The van der Waals surface area contributed by atoms with Gasteiger partial charge in [0.1, 0.15) is 0 Å². The molecule has 1 amide bonds. The molecule has 2 aliphatic heterocycles. The molecule has 0 aromatic heterocycles. The van der Waals surface area contributed by atoms with E-state index in [2.05, 4.69) is 15.5 Å². The molecule has 4 nitrogen and oxygen atoms in total. The molecule has 1 unspecified atom stereocenters. The van der Waals surface area contributed by atoms with Crippen LogP contribution >= 0.6 is 24.8 Å². The van der Waals surface area contributed by atoms with E-state index >= 15 is 0 Å². The van der Waals surface area contributed by atoms with Gasteiger partial charge in [0.25, 0.3) is 0 Å². The van der Waals surface area contributed by atoms with Gasteiger partial charge in [-0.25, -0.2) is 0 Å². The summed E-state index contributed by atoms with van der Waals surface area (Å²) in [5.41, 5.74) is 0.375. The van der Waals surface area contributed by atoms with Gasteiger partial charge in [0.05, 0.1) is 0 Å². The maximum absolute atomic E-state index is 12.2. The Balaban J connectivity index is 0.00000132. The van der Waals surface area contributed by atoms with Crippen molar-refractivity contribution in [2.75, 3.05) is 39.3 Å². The van der Waals surface area contributed by atoms with Gasteiger partial charge in [-0.3, -0.25) is 4.79 Å². The summed E-state index contributed by atoms with van der Waals surface area (Å²) < 4.78 is 0. The number of likely N-dealkylation sites (tertiary alicyclic amines) is 1. The molecule has 1 saturated carbocycles. The number of carbonyl (C=O) groups is 1. The highest BCUT2D eigenvalue weighted by molar-refractivity contribution is 5.85. The van der Waals surface area contributed by atoms with Crippen LogP contribution < -0.4 is 10.6 Å². The monoisotopic (exact) mass is 365 g/mol. The van der Waals surface area contributed by atoms with Crippen LogP contribution in [0.1, 0.15) is 51.4 Å². The van der Waals surface area contributed by atoms with E-state index in [0.29, 0.717) is 17.2 Å². The molecule has 3 fully saturated rings. The summed E-state index contributed by atoms with van der Waals surface area (Å²) in [5.74, 6) is 0.644. The Hall–Kier alpha value is -0.0300. The second-order valence-electron chi connectivity index (χ2n) is 7.27. The Labute approximate surface area is 153 Å². The number of halogens is 2. The first-order chi connectivity index (χ1) is 10.3. The minimum absolute atomic E-state index is 0. The van der Waals surface area contributed by atoms with Gasteiger partial charge in [-0.2, -0.15) is 0 Å². The molecule has 0 aromatic carbocycles. The van der Waals surface area contributed by atoms with Crippen LogP contribution in [0, 0.1) is 11.3 Å². The van der Waals surface area contributed by atoms with Gasteiger partial charge in [-0.15, -0.1) is 24.8 Å². The predicted molar refractivity (Wildman–Crippen MR) is 99.7 cm³/mol. The molecule has 0 radical (unpaired) electrons. The van der Waals surface area contributed by atoms with E-state index in [-0.39, 0.29) is 24.8 Å². The Kier molecular flexibility index (Phi) is 9.20. The summed E-state index contributed by atoms with van der Waals surface area (Å²) >= 11 is 0. The Bertz CT molecular complexity index is 354. The van der Waals surface area contributed by atoms with Gasteiger partial charge in [0.2, 0.25) is 5.91 Å². The lowest BCUT2D eigenvalue weighted by molar-refractivity contribution is -0.123. The third kappa shape index (κ3) is 5.77. The molecule has 6 heteroatoms. The van der Waals surface area contributed by atoms with E-state index in [9.17, 15) is 4.79 Å². The molecule has 1 spiro atoms. The first kappa shape index (κ1) is 21.0. The number of rotatable bonds is 5. The number of nitrogens with one attached hydrogen (secondary N) is 2. The lowest BCUT2D eigenvalue weighted by Gasteiger charge is -2.23. The minimum atomic E-state index is 0. The summed E-state index contributed by atoms with van der Waals surface area (Å²) in [6.45, 7) is 6.72. The molecule has 1 aliphatic carbocycles. The maximum Gasteiger partial charge on any atom is 0.223 e. The Morgan fingerprint density at radius 2 is 1.74 bits per heavy atom. The fourth-order valence-corrected chi connectivity index (χ4v) is 4.19. The fourth-order valence-electron chi connectivity index (χ4n) is 4.19. The average Bonchev–Trinajstić information content (AvgIpc) is 3.25. The number of piperidine rings is 1. The zero-order valence-corrected chi connectivity index (χ0v) is 15.8. The smallest absolute Gasteiger partial charge is 0.223 e. The van der Waals surface area contributed by atoms with Crippen molar-refractivity contribution in [2.24, 2.45) is 11.3 Å². The van der Waals surface area contributed by atoms with E-state index in [1.165, 1.54) is 51.6 Å². The molecule has 2 N–H and O–H groups in total. The van der Waals surface area contributed by atoms with Gasteiger partial charge in [-0.05, 0) is 76.7 Å². The standard InChI is InChI=1S/C17H31N3O.2ClH/c21-16(15-14-17(15)6-9-18-10-7-17)19-8-5-13-20-11-3-1-2-4-12-20;;/h15,18H,1-14H2,(H,19,21);2*1H. The van der Waals surface area contributed by atoms with E-state index in [1.807, 2.05) is 0 Å². The summed E-state index contributed by atoms with van der Waals surface area (Å²) in [4.78, 5) is 14.8. The fraction of sp³-hybridized carbons (Fsp3) is 0.941. The van der Waals surface area contributed by atoms with Crippen molar-refractivity contribution in [3.8, 4) is 0 Å². The van der Waals surface area contributed by atoms with Crippen LogP contribution in [-0.4, -0.2) is 50.1 Å². The third-order valence-electron chi connectivity index (χ3n) is 5.75. The van der Waals surface area contributed by atoms with Crippen LogP contribution in [0.3, 0.4) is 0 Å². The van der Waals surface area contributed by atoms with Crippen molar-refractivity contribution in [2.45, 2.75) is 51.4 Å². The summed E-state index contributed by atoms with van der Waals surface area (Å²) in [5, 5.41) is 6.58. The Morgan fingerprint density at radius 3 is 2.39 bits per heavy atom. The van der Waals surface area contributed by atoms with Crippen LogP contribution in [0.5, 0.6) is 0 Å². The molecule has 3 aliphatic rings. The van der Waals surface area contributed by atoms with Crippen LogP contribution in [0.4, 0.5) is 0 Å². The Morgan fingerprint density at radius 1 is 1.09 bits per heavy atom. The normalized spacial score (nSPS) is 26.5. The van der Waals surface area contributed by atoms with Gasteiger partial charge >= 0.3 is 0 Å². The quantitative estimate of drug-likeness (QED) is 0.736. The van der Waals surface area contributed by atoms with Crippen molar-refractivity contribution in [3.63, 3.8) is 0 Å². The van der Waals surface area contributed by atoms with Gasteiger partial charge in [-0.1, -0.05) is 12.8 Å². The molecule has 136 valence electrons. The second-order valence-corrected chi connectivity index (χ2v) is 7.27. The van der Waals surface area contributed by atoms with E-state index in [1.54, 1.807) is 0 Å². The van der Waals surface area contributed by atoms with E-state index in [4.69, 9.17) is 0 Å². The first-order valence-corrected chi connectivity index (χ1v) is 9.01. The van der Waals surface area contributed by atoms with E-state index in [0.717, 1.165) is 39.0 Å². The van der Waals surface area contributed by atoms with Crippen molar-refractivity contribution in [3.05, 3.63) is 0 Å². The van der Waals surface area contributed by atoms with Crippen LogP contribution in [0.25, 0.3) is 0 Å². The number of hydrogen-bond donors (Lipinski definition) is 2. The zero-order valence-electron chi connectivity index (χ0n) is 14.1. The highest BCUT2D eigenvalue weighted by Gasteiger charge is 2.57. The van der Waals surface area contributed by atoms with Crippen molar-refractivity contribution in [1.29, 1.82) is 0 Å². The molecule has 23 heavy (non-hydrogen) atoms. The number of amides is 1. The van der Waals surface area contributed by atoms with Crippen LogP contribution in [-0.2, 0) is 4.79 Å². The van der Waals surface area contributed by atoms with E-state index < -0.39 is 0 Å². The minimum Gasteiger partial charge on any atom is -0.356 e. The predicted octanol–water partition coefficient (Wildman–Crippen LogP) is 2.60. The lowest BCUT2D eigenvalue weighted by atomic mass is 9.92. The largest absolute Gasteiger partial charge is 0.356 e. The highest BCUT2D eigenvalue weighted by atomic mass is 35.5. The molecule has 1 atom stereocenters. The number of carbonyl (C=O) groups excluding carboxylic acids is 1. The molecule has 0 aromatic rings. The summed E-state index contributed by atoms with van der Waals surface area (Å²) in [7, 11) is 0. The van der Waals surface area contributed by atoms with Gasteiger partial charge < -0.3 is 15.5 Å². The van der Waals surface area contributed by atoms with Gasteiger partial charge in [0.15, 0.2) is 0 Å². The van der Waals surface area contributed by atoms with Crippen molar-refractivity contribution < 1.29 is 4.79 Å². The molecule has 2 saturated heterocycles. The first-order valence-electron chi connectivity index (χ1n) is 9.01. The molecular formula is C17H33Cl2N3O. The average molecular weight is 366 g/mol. The molecule has 0 bridgehead atoms. The van der Waals surface area contributed by atoms with Crippen LogP contribution in [0.2, 0.25) is 0 Å². The van der Waals surface area contributed by atoms with Crippen molar-refractivity contribution in [1.82, 2.24) is 15.5 Å². The topological polar surface area (TPSA) is 44.4 Å². The molecule has 2 heterocycles. The van der Waals surface area contributed by atoms with Crippen molar-refractivity contribution >= 4 is 30.7 Å². The van der Waals surface area contributed by atoms with Gasteiger partial charge in [0, 0.05) is 12.5 Å². The maximum atomic E-state index is 12.2. The third-order valence-corrected chi connectivity index (χ3v) is 5.75. The summed E-state index contributed by atoms with van der Waals surface area (Å²) in [6, 6.07) is 0. The molecular weight excluding hydrogens is 333 g/mol. The van der Waals surface area contributed by atoms with Crippen LogP contribution in [0.15, 0.2) is 0 Å². The lowest BCUT2D eigenvalue weighted by Crippen LogP contribution is -2.35. The highest BCUT2D eigenvalue weighted by Crippen LogP contribution is 2.58. The number of nitrogens with zero attached hydrogens (tertiary/aromatic N) is 1. The zero-order chi connectivity index (χ0) is 14.5. The number of hydrogen-bond acceptors (Lipinski definition) is 3. The molecule has 3 rings (SSSR count). The summed E-state index contributed by atoms with van der Waals surface area (Å²) in [6.07, 6.45) is 10.1. The SMILES string of the molecule is Cl.Cl.O=C(NCCCN1CCCCCC1)C1CC12CCNCC2.